The van der Waals surface area contributed by atoms with Crippen LogP contribution in [0, 0.1) is 0 Å². The van der Waals surface area contributed by atoms with Gasteiger partial charge in [0.15, 0.2) is 5.00 Å². The van der Waals surface area contributed by atoms with E-state index in [2.05, 4.69) is 27.1 Å². The Labute approximate surface area is 109 Å². The minimum atomic E-state index is 0.384. The highest BCUT2D eigenvalue weighted by Gasteiger charge is 2.12. The highest BCUT2D eigenvalue weighted by atomic mass is 32.1. The third kappa shape index (κ3) is 2.16. The molecule has 0 aliphatic heterocycles. The molecule has 0 atom stereocenters. The van der Waals surface area contributed by atoms with Crippen LogP contribution >= 0.6 is 11.5 Å². The molecule has 1 aliphatic carbocycles. The molecule has 0 spiro atoms. The largest absolute Gasteiger partial charge is 0.487 e. The SMILES string of the molecule is NNc1snnc1COc1ccc2c(c1)CCC2. The van der Waals surface area contributed by atoms with E-state index in [1.54, 1.807) is 0 Å². The van der Waals surface area contributed by atoms with Crippen molar-refractivity contribution in [3.05, 3.63) is 35.0 Å². The molecule has 0 bridgehead atoms. The molecule has 1 aromatic carbocycles. The summed E-state index contributed by atoms with van der Waals surface area (Å²) in [6.07, 6.45) is 3.59. The molecule has 1 aromatic heterocycles. The molecule has 1 heterocycles. The van der Waals surface area contributed by atoms with Crippen molar-refractivity contribution in [2.24, 2.45) is 5.84 Å². The molecule has 6 heteroatoms. The third-order valence-corrected chi connectivity index (χ3v) is 3.83. The Morgan fingerprint density at radius 3 is 3.11 bits per heavy atom. The minimum absolute atomic E-state index is 0.384. The molecule has 0 fully saturated rings. The van der Waals surface area contributed by atoms with Gasteiger partial charge in [-0.15, -0.1) is 5.10 Å². The van der Waals surface area contributed by atoms with Crippen molar-refractivity contribution >= 4 is 16.5 Å². The van der Waals surface area contributed by atoms with Crippen LogP contribution in [0.4, 0.5) is 5.00 Å². The molecule has 3 rings (SSSR count). The van der Waals surface area contributed by atoms with Gasteiger partial charge < -0.3 is 10.2 Å². The Kier molecular flexibility index (Phi) is 3.12. The summed E-state index contributed by atoms with van der Waals surface area (Å²) in [4.78, 5) is 0. The van der Waals surface area contributed by atoms with Crippen molar-refractivity contribution in [2.45, 2.75) is 25.9 Å². The van der Waals surface area contributed by atoms with Crippen LogP contribution in [0.1, 0.15) is 23.2 Å². The fourth-order valence-electron chi connectivity index (χ4n) is 2.20. The number of nitrogen functional groups attached to an aromatic ring is 1. The Balaban J connectivity index is 1.70. The number of rotatable bonds is 4. The van der Waals surface area contributed by atoms with E-state index in [1.165, 1.54) is 35.5 Å². The zero-order valence-corrected chi connectivity index (χ0v) is 10.7. The Bertz CT molecular complexity index is 555. The Hall–Kier alpha value is -1.66. The number of fused-ring (bicyclic) bond motifs is 1. The average molecular weight is 262 g/mol. The van der Waals surface area contributed by atoms with Crippen LogP contribution in [0.25, 0.3) is 0 Å². The van der Waals surface area contributed by atoms with Gasteiger partial charge in [-0.2, -0.15) is 0 Å². The molecule has 0 unspecified atom stereocenters. The fourth-order valence-corrected chi connectivity index (χ4v) is 2.68. The number of nitrogens with zero attached hydrogens (tertiary/aromatic N) is 2. The summed E-state index contributed by atoms with van der Waals surface area (Å²) in [5.74, 6) is 6.24. The molecule has 0 radical (unpaired) electrons. The van der Waals surface area contributed by atoms with Crippen molar-refractivity contribution < 1.29 is 4.74 Å². The number of anilines is 1. The Morgan fingerprint density at radius 1 is 1.33 bits per heavy atom. The van der Waals surface area contributed by atoms with Gasteiger partial charge >= 0.3 is 0 Å². The number of ether oxygens (including phenoxy) is 1. The summed E-state index contributed by atoms with van der Waals surface area (Å²) in [6, 6.07) is 6.29. The summed E-state index contributed by atoms with van der Waals surface area (Å²) in [6.45, 7) is 0.384. The van der Waals surface area contributed by atoms with Crippen LogP contribution < -0.4 is 16.0 Å². The van der Waals surface area contributed by atoms with Gasteiger partial charge in [-0.1, -0.05) is 10.6 Å². The van der Waals surface area contributed by atoms with Gasteiger partial charge in [-0.3, -0.25) is 0 Å². The maximum absolute atomic E-state index is 5.73. The highest BCUT2D eigenvalue weighted by Crippen LogP contribution is 2.27. The molecule has 0 saturated carbocycles. The highest BCUT2D eigenvalue weighted by molar-refractivity contribution is 7.10. The van der Waals surface area contributed by atoms with Gasteiger partial charge in [0.25, 0.3) is 0 Å². The van der Waals surface area contributed by atoms with Crippen LogP contribution in [0.15, 0.2) is 18.2 Å². The van der Waals surface area contributed by atoms with Crippen molar-refractivity contribution in [2.75, 3.05) is 5.43 Å². The average Bonchev–Trinajstić information content (AvgIpc) is 3.04. The number of hydrogen-bond acceptors (Lipinski definition) is 6. The van der Waals surface area contributed by atoms with Gasteiger partial charge in [0, 0.05) is 11.5 Å². The van der Waals surface area contributed by atoms with Crippen LogP contribution in [0.3, 0.4) is 0 Å². The monoisotopic (exact) mass is 262 g/mol. The van der Waals surface area contributed by atoms with Crippen LogP contribution in [-0.2, 0) is 19.4 Å². The predicted molar refractivity (Wildman–Crippen MR) is 70.5 cm³/mol. The van der Waals surface area contributed by atoms with E-state index in [4.69, 9.17) is 10.6 Å². The lowest BCUT2D eigenvalue weighted by molar-refractivity contribution is 0.301. The van der Waals surface area contributed by atoms with Gasteiger partial charge in [0.2, 0.25) is 0 Å². The van der Waals surface area contributed by atoms with Gasteiger partial charge in [0.1, 0.15) is 18.1 Å². The van der Waals surface area contributed by atoms with Crippen molar-refractivity contribution in [3.63, 3.8) is 0 Å². The van der Waals surface area contributed by atoms with E-state index in [0.717, 1.165) is 22.9 Å². The normalized spacial score (nSPS) is 13.4. The third-order valence-electron chi connectivity index (χ3n) is 3.13. The minimum Gasteiger partial charge on any atom is -0.487 e. The van der Waals surface area contributed by atoms with Crippen molar-refractivity contribution in [3.8, 4) is 5.75 Å². The first-order chi connectivity index (χ1) is 8.86. The maximum Gasteiger partial charge on any atom is 0.150 e. The first-order valence-corrected chi connectivity index (χ1v) is 6.66. The second-order valence-corrected chi connectivity index (χ2v) is 5.02. The van der Waals surface area contributed by atoms with E-state index in [-0.39, 0.29) is 0 Å². The number of hydrogen-bond donors (Lipinski definition) is 2. The molecule has 0 saturated heterocycles. The van der Waals surface area contributed by atoms with Gasteiger partial charge in [-0.25, -0.2) is 5.84 Å². The molecule has 18 heavy (non-hydrogen) atoms. The fraction of sp³-hybridized carbons (Fsp3) is 0.333. The summed E-state index contributed by atoms with van der Waals surface area (Å²) < 4.78 is 9.56. The molecule has 0 amide bonds. The molecule has 5 nitrogen and oxygen atoms in total. The predicted octanol–water partition coefficient (Wildman–Crippen LogP) is 1.89. The van der Waals surface area contributed by atoms with Crippen LogP contribution in [0.2, 0.25) is 0 Å². The molecule has 2 aromatic rings. The number of hydrazine groups is 1. The molecule has 1 aliphatic rings. The number of aromatic nitrogens is 2. The van der Waals surface area contributed by atoms with Crippen LogP contribution in [0.5, 0.6) is 5.75 Å². The van der Waals surface area contributed by atoms with Crippen molar-refractivity contribution in [1.82, 2.24) is 9.59 Å². The number of nitrogens with two attached hydrogens (primary N) is 1. The molecular weight excluding hydrogens is 248 g/mol. The lowest BCUT2D eigenvalue weighted by Gasteiger charge is -2.07. The van der Waals surface area contributed by atoms with E-state index >= 15 is 0 Å². The second-order valence-electron chi connectivity index (χ2n) is 4.27. The first kappa shape index (κ1) is 11.4. The Morgan fingerprint density at radius 2 is 2.22 bits per heavy atom. The van der Waals surface area contributed by atoms with Crippen LogP contribution in [-0.4, -0.2) is 9.59 Å². The molecule has 94 valence electrons. The number of nitrogens with one attached hydrogen (secondary N) is 1. The summed E-state index contributed by atoms with van der Waals surface area (Å²) in [5.41, 5.74) is 6.16. The second kappa shape index (κ2) is 4.91. The van der Waals surface area contributed by atoms with E-state index in [1.807, 2.05) is 6.07 Å². The number of aryl methyl sites for hydroxylation is 2. The lowest BCUT2D eigenvalue weighted by Crippen LogP contribution is -2.08. The molecule has 3 N–H and O–H groups in total. The van der Waals surface area contributed by atoms with Crippen molar-refractivity contribution in [1.29, 1.82) is 0 Å². The first-order valence-electron chi connectivity index (χ1n) is 5.89. The topological polar surface area (TPSA) is 73.1 Å². The smallest absolute Gasteiger partial charge is 0.150 e. The zero-order chi connectivity index (χ0) is 12.4. The van der Waals surface area contributed by atoms with E-state index in [9.17, 15) is 0 Å². The molecular formula is C12H14N4OS. The zero-order valence-electron chi connectivity index (χ0n) is 9.85. The maximum atomic E-state index is 5.73. The summed E-state index contributed by atoms with van der Waals surface area (Å²) in [5, 5.41) is 4.72. The van der Waals surface area contributed by atoms with Gasteiger partial charge in [0.05, 0.1) is 0 Å². The summed E-state index contributed by atoms with van der Waals surface area (Å²) in [7, 11) is 0. The number of benzene rings is 1. The van der Waals surface area contributed by atoms with E-state index in [0.29, 0.717) is 6.61 Å². The lowest BCUT2D eigenvalue weighted by atomic mass is 10.1. The summed E-state index contributed by atoms with van der Waals surface area (Å²) >= 11 is 1.23. The quantitative estimate of drug-likeness (QED) is 0.650. The van der Waals surface area contributed by atoms with E-state index < -0.39 is 0 Å². The standard InChI is InChI=1S/C12H14N4OS/c13-14-12-11(15-16-18-12)7-17-10-5-4-8-2-1-3-9(8)6-10/h4-6,14H,1-3,7,13H2. The van der Waals surface area contributed by atoms with Gasteiger partial charge in [-0.05, 0) is 42.5 Å².